The van der Waals surface area contributed by atoms with Gasteiger partial charge in [0.05, 0.1) is 0 Å². The number of nitrogens with one attached hydrogen (secondary N) is 1. The molecule has 1 atom stereocenters. The second-order valence-corrected chi connectivity index (χ2v) is 5.71. The van der Waals surface area contributed by atoms with Crippen molar-refractivity contribution in [2.75, 3.05) is 11.4 Å². The second kappa shape index (κ2) is 5.17. The molecule has 4 heteroatoms. The summed E-state index contributed by atoms with van der Waals surface area (Å²) in [5, 5.41) is 0. The van der Waals surface area contributed by atoms with Crippen molar-refractivity contribution in [2.24, 2.45) is 0 Å². The number of hydrogen-bond acceptors (Lipinski definition) is 2. The number of fused-ring (bicyclic) bond motifs is 1. The Morgan fingerprint density at radius 3 is 2.94 bits per heavy atom. The lowest BCUT2D eigenvalue weighted by atomic mass is 10.0. The van der Waals surface area contributed by atoms with Crippen molar-refractivity contribution in [2.45, 2.75) is 38.1 Å². The Bertz CT molecular complexity index is 475. The topological polar surface area (TPSA) is 32.3 Å². The van der Waals surface area contributed by atoms with Gasteiger partial charge in [-0.2, -0.15) is 0 Å². The van der Waals surface area contributed by atoms with Crippen LogP contribution in [-0.4, -0.2) is 12.5 Å². The number of halogens is 1. The Balaban J connectivity index is 1.89. The lowest BCUT2D eigenvalue weighted by Gasteiger charge is -2.27. The van der Waals surface area contributed by atoms with Crippen LogP contribution in [-0.2, 0) is 11.2 Å². The summed E-state index contributed by atoms with van der Waals surface area (Å²) in [4.78, 5) is 13.9. The molecular formula is C14H17IN2O. The lowest BCUT2D eigenvalue weighted by Crippen LogP contribution is -2.35. The molecule has 0 aromatic heterocycles. The first kappa shape index (κ1) is 12.4. The van der Waals surface area contributed by atoms with Gasteiger partial charge in [0.15, 0.2) is 0 Å². The smallest absolute Gasteiger partial charge is 0.226 e. The minimum absolute atomic E-state index is 0.280. The van der Waals surface area contributed by atoms with Crippen LogP contribution in [0.5, 0.6) is 0 Å². The zero-order valence-corrected chi connectivity index (χ0v) is 12.4. The number of piperidine rings is 1. The summed E-state index contributed by atoms with van der Waals surface area (Å²) in [5.41, 5.74) is 3.89. The number of anilines is 1. The normalized spacial score (nSPS) is 23.3. The van der Waals surface area contributed by atoms with Crippen molar-refractivity contribution < 1.29 is 4.79 Å². The largest absolute Gasteiger partial charge is 0.312 e. The highest BCUT2D eigenvalue weighted by Gasteiger charge is 2.24. The number of carbonyl (C=O) groups is 1. The Morgan fingerprint density at radius 2 is 2.17 bits per heavy atom. The van der Waals surface area contributed by atoms with Gasteiger partial charge in [-0.25, -0.2) is 0 Å². The van der Waals surface area contributed by atoms with E-state index in [-0.39, 0.29) is 5.91 Å². The molecule has 0 radical (unpaired) electrons. The highest BCUT2D eigenvalue weighted by atomic mass is 127. The molecule has 1 fully saturated rings. The highest BCUT2D eigenvalue weighted by Crippen LogP contribution is 2.35. The van der Waals surface area contributed by atoms with Gasteiger partial charge in [0, 0.05) is 47.6 Å². The molecule has 96 valence electrons. The Labute approximate surface area is 121 Å². The highest BCUT2D eigenvalue weighted by molar-refractivity contribution is 14.1. The molecule has 0 spiro atoms. The molecule has 3 nitrogen and oxygen atoms in total. The van der Waals surface area contributed by atoms with Crippen LogP contribution in [0.2, 0.25) is 0 Å². The zero-order chi connectivity index (χ0) is 12.5. The maximum Gasteiger partial charge on any atom is 0.226 e. The third-order valence-electron chi connectivity index (χ3n) is 3.97. The molecule has 1 aliphatic carbocycles. The predicted molar refractivity (Wildman–Crippen MR) is 80.9 cm³/mol. The minimum atomic E-state index is 0.280. The van der Waals surface area contributed by atoms with E-state index >= 15 is 0 Å². The zero-order valence-electron chi connectivity index (χ0n) is 10.3. The number of benzene rings is 1. The van der Waals surface area contributed by atoms with Gasteiger partial charge in [-0.15, -0.1) is 0 Å². The Kier molecular flexibility index (Phi) is 3.56. The standard InChI is InChI=1S/C14H17IN2O/c15-16-13-7-4-10-9-11(5-6-12(10)13)17-8-2-1-3-14(17)18/h5-6,9,13,16H,1-4,7-8H2. The van der Waals surface area contributed by atoms with E-state index in [0.29, 0.717) is 12.5 Å². The number of aryl methyl sites for hydroxylation is 1. The van der Waals surface area contributed by atoms with E-state index < -0.39 is 0 Å². The van der Waals surface area contributed by atoms with Crippen molar-refractivity contribution in [3.63, 3.8) is 0 Å². The van der Waals surface area contributed by atoms with E-state index in [4.69, 9.17) is 0 Å². The Hall–Kier alpha value is -0.620. The molecule has 1 N–H and O–H groups in total. The van der Waals surface area contributed by atoms with Crippen LogP contribution in [0.15, 0.2) is 18.2 Å². The first-order valence-corrected chi connectivity index (χ1v) is 7.67. The summed E-state index contributed by atoms with van der Waals surface area (Å²) in [5.74, 6) is 0.280. The summed E-state index contributed by atoms with van der Waals surface area (Å²) in [7, 11) is 0. The fraction of sp³-hybridized carbons (Fsp3) is 0.500. The maximum absolute atomic E-state index is 11.9. The van der Waals surface area contributed by atoms with Gasteiger partial charge in [0.2, 0.25) is 5.91 Å². The molecule has 3 rings (SSSR count). The monoisotopic (exact) mass is 356 g/mol. The van der Waals surface area contributed by atoms with E-state index in [1.165, 1.54) is 11.1 Å². The maximum atomic E-state index is 11.9. The number of rotatable bonds is 2. The van der Waals surface area contributed by atoms with Crippen molar-refractivity contribution in [3.05, 3.63) is 29.3 Å². The van der Waals surface area contributed by atoms with Gasteiger partial charge in [-0.1, -0.05) is 6.07 Å². The van der Waals surface area contributed by atoms with Gasteiger partial charge in [-0.05, 0) is 48.9 Å². The molecule has 1 aromatic rings. The minimum Gasteiger partial charge on any atom is -0.312 e. The fourth-order valence-electron chi connectivity index (χ4n) is 2.96. The molecule has 18 heavy (non-hydrogen) atoms. The van der Waals surface area contributed by atoms with Gasteiger partial charge >= 0.3 is 0 Å². The van der Waals surface area contributed by atoms with Crippen LogP contribution in [0.3, 0.4) is 0 Å². The fourth-order valence-corrected chi connectivity index (χ4v) is 3.61. The van der Waals surface area contributed by atoms with Crippen molar-refractivity contribution >= 4 is 34.5 Å². The molecule has 1 amide bonds. The van der Waals surface area contributed by atoms with Crippen LogP contribution in [0.4, 0.5) is 5.69 Å². The predicted octanol–water partition coefficient (Wildman–Crippen LogP) is 3.13. The van der Waals surface area contributed by atoms with E-state index in [1.807, 2.05) is 4.90 Å². The van der Waals surface area contributed by atoms with Crippen LogP contribution in [0.1, 0.15) is 42.9 Å². The van der Waals surface area contributed by atoms with Crippen molar-refractivity contribution in [1.29, 1.82) is 0 Å². The molecule has 1 unspecified atom stereocenters. The summed E-state index contributed by atoms with van der Waals surface area (Å²) in [6.45, 7) is 0.881. The molecule has 1 saturated heterocycles. The van der Waals surface area contributed by atoms with Crippen molar-refractivity contribution in [1.82, 2.24) is 3.53 Å². The first-order valence-electron chi connectivity index (χ1n) is 6.59. The van der Waals surface area contributed by atoms with E-state index in [0.717, 1.165) is 37.9 Å². The van der Waals surface area contributed by atoms with E-state index in [2.05, 4.69) is 44.6 Å². The van der Waals surface area contributed by atoms with Gasteiger partial charge < -0.3 is 4.90 Å². The third kappa shape index (κ3) is 2.16. The average Bonchev–Trinajstić information content (AvgIpc) is 2.81. The Morgan fingerprint density at radius 1 is 1.28 bits per heavy atom. The van der Waals surface area contributed by atoms with Crippen LogP contribution < -0.4 is 8.43 Å². The summed E-state index contributed by atoms with van der Waals surface area (Å²) in [6.07, 6.45) is 5.15. The molecule has 0 bridgehead atoms. The third-order valence-corrected chi connectivity index (χ3v) is 4.72. The molecular weight excluding hydrogens is 339 g/mol. The van der Waals surface area contributed by atoms with Gasteiger partial charge in [0.1, 0.15) is 0 Å². The number of nitrogens with zero attached hydrogens (tertiary/aromatic N) is 1. The van der Waals surface area contributed by atoms with Crippen LogP contribution in [0.25, 0.3) is 0 Å². The number of amides is 1. The summed E-state index contributed by atoms with van der Waals surface area (Å²) in [6, 6.07) is 6.99. The quantitative estimate of drug-likeness (QED) is 0.652. The molecule has 1 aliphatic heterocycles. The SMILES string of the molecule is O=C1CCCCN1c1ccc2c(c1)CCC2NI. The van der Waals surface area contributed by atoms with Gasteiger partial charge in [0.25, 0.3) is 0 Å². The summed E-state index contributed by atoms with van der Waals surface area (Å²) >= 11 is 2.23. The number of hydrogen-bond donors (Lipinski definition) is 1. The summed E-state index contributed by atoms with van der Waals surface area (Å²) < 4.78 is 3.32. The first-order chi connectivity index (χ1) is 8.79. The van der Waals surface area contributed by atoms with Crippen LogP contribution in [0, 0.1) is 0 Å². The van der Waals surface area contributed by atoms with Gasteiger partial charge in [-0.3, -0.25) is 8.32 Å². The second-order valence-electron chi connectivity index (χ2n) is 5.09. The van der Waals surface area contributed by atoms with E-state index in [1.54, 1.807) is 0 Å². The molecule has 1 heterocycles. The molecule has 0 saturated carbocycles. The lowest BCUT2D eigenvalue weighted by molar-refractivity contribution is -0.119. The molecule has 2 aliphatic rings. The van der Waals surface area contributed by atoms with Crippen LogP contribution >= 0.6 is 22.9 Å². The van der Waals surface area contributed by atoms with E-state index in [9.17, 15) is 4.79 Å². The van der Waals surface area contributed by atoms with Crippen molar-refractivity contribution in [3.8, 4) is 0 Å². The average molecular weight is 356 g/mol. The number of carbonyl (C=O) groups excluding carboxylic acids is 1. The molecule has 1 aromatic carbocycles.